The highest BCUT2D eigenvalue weighted by atomic mass is 16.5. The van der Waals surface area contributed by atoms with Gasteiger partial charge in [-0.15, -0.1) is 0 Å². The second kappa shape index (κ2) is 7.30. The lowest BCUT2D eigenvalue weighted by Crippen LogP contribution is -1.80. The summed E-state index contributed by atoms with van der Waals surface area (Å²) in [7, 11) is 1.66. The number of hydrogen-bond donors (Lipinski definition) is 0. The predicted molar refractivity (Wildman–Crippen MR) is 69.5 cm³/mol. The van der Waals surface area contributed by atoms with Gasteiger partial charge in [-0.3, -0.25) is 0 Å². The second-order valence-electron chi connectivity index (χ2n) is 3.13. The molecule has 1 heteroatoms. The Morgan fingerprint density at radius 2 is 1.31 bits per heavy atom. The summed E-state index contributed by atoms with van der Waals surface area (Å²) in [5, 5.41) is 0. The third kappa shape index (κ3) is 4.47. The van der Waals surface area contributed by atoms with E-state index in [9.17, 15) is 0 Å². The molecule has 16 heavy (non-hydrogen) atoms. The van der Waals surface area contributed by atoms with Crippen LogP contribution in [-0.4, -0.2) is 7.11 Å². The van der Waals surface area contributed by atoms with Crippen molar-refractivity contribution in [3.8, 4) is 5.75 Å². The van der Waals surface area contributed by atoms with Crippen LogP contribution >= 0.6 is 0 Å². The molecular weight excluding hydrogens is 196 g/mol. The lowest BCUT2D eigenvalue weighted by Gasteiger charge is -1.97. The minimum Gasteiger partial charge on any atom is -0.497 e. The van der Waals surface area contributed by atoms with Crippen molar-refractivity contribution in [1.82, 2.24) is 0 Å². The fraction of sp³-hybridized carbons (Fsp3) is 0.0667. The maximum Gasteiger partial charge on any atom is 0.118 e. The van der Waals surface area contributed by atoms with Crippen molar-refractivity contribution >= 4 is 6.08 Å². The van der Waals surface area contributed by atoms with Gasteiger partial charge in [0.2, 0.25) is 0 Å². The third-order valence-electron chi connectivity index (χ3n) is 2.02. The summed E-state index contributed by atoms with van der Waals surface area (Å²) in [4.78, 5) is 0. The van der Waals surface area contributed by atoms with E-state index in [0.29, 0.717) is 0 Å². The predicted octanol–water partition coefficient (Wildman–Crippen LogP) is 4.02. The van der Waals surface area contributed by atoms with Crippen molar-refractivity contribution in [2.45, 2.75) is 0 Å². The molecule has 82 valence electrons. The summed E-state index contributed by atoms with van der Waals surface area (Å²) < 4.78 is 4.98. The number of methoxy groups -OCH3 is 1. The molecule has 0 aliphatic heterocycles. The summed E-state index contributed by atoms with van der Waals surface area (Å²) in [6, 6.07) is 19.8. The van der Waals surface area contributed by atoms with Crippen LogP contribution in [-0.2, 0) is 0 Å². The van der Waals surface area contributed by atoms with Gasteiger partial charge in [0.15, 0.2) is 0 Å². The molecule has 0 aliphatic rings. The summed E-state index contributed by atoms with van der Waals surface area (Å²) in [5.41, 5.74) is 1.11. The Morgan fingerprint density at radius 1 is 0.875 bits per heavy atom. The molecule has 2 rings (SSSR count). The van der Waals surface area contributed by atoms with Crippen molar-refractivity contribution in [1.29, 1.82) is 0 Å². The van der Waals surface area contributed by atoms with Gasteiger partial charge in [-0.05, 0) is 17.7 Å². The van der Waals surface area contributed by atoms with Crippen molar-refractivity contribution in [3.05, 3.63) is 72.8 Å². The maximum absolute atomic E-state index is 4.98. The van der Waals surface area contributed by atoms with Crippen molar-refractivity contribution in [2.24, 2.45) is 0 Å². The van der Waals surface area contributed by atoms with Crippen LogP contribution in [0, 0.1) is 0 Å². The molecule has 0 aliphatic carbocycles. The topological polar surface area (TPSA) is 9.23 Å². The summed E-state index contributed by atoms with van der Waals surface area (Å²) in [6.45, 7) is 3.65. The van der Waals surface area contributed by atoms with Gasteiger partial charge < -0.3 is 4.74 Å². The highest BCUT2D eigenvalue weighted by molar-refractivity contribution is 5.48. The van der Waals surface area contributed by atoms with Crippen LogP contribution in [0.3, 0.4) is 0 Å². The number of ether oxygens (including phenoxy) is 1. The van der Waals surface area contributed by atoms with Crippen molar-refractivity contribution in [2.75, 3.05) is 7.11 Å². The van der Waals surface area contributed by atoms with E-state index >= 15 is 0 Å². The molecule has 1 nitrogen and oxygen atoms in total. The summed E-state index contributed by atoms with van der Waals surface area (Å²) in [5.74, 6) is 0.880. The molecule has 0 unspecified atom stereocenters. The van der Waals surface area contributed by atoms with Gasteiger partial charge in [0.25, 0.3) is 0 Å². The van der Waals surface area contributed by atoms with E-state index in [0.717, 1.165) is 11.3 Å². The minimum absolute atomic E-state index is 0.880. The highest BCUT2D eigenvalue weighted by Gasteiger charge is 1.87. The summed E-state index contributed by atoms with van der Waals surface area (Å²) in [6.07, 6.45) is 1.80. The monoisotopic (exact) mass is 212 g/mol. The van der Waals surface area contributed by atoms with Crippen LogP contribution in [0.2, 0.25) is 0 Å². The first-order chi connectivity index (χ1) is 7.86. The first-order valence-electron chi connectivity index (χ1n) is 5.13. The number of rotatable bonds is 2. The van der Waals surface area contributed by atoms with Gasteiger partial charge >= 0.3 is 0 Å². The molecular formula is C15H16O. The fourth-order valence-corrected chi connectivity index (χ4v) is 1.12. The van der Waals surface area contributed by atoms with Gasteiger partial charge in [0.1, 0.15) is 5.75 Å². The zero-order valence-corrected chi connectivity index (χ0v) is 9.47. The average Bonchev–Trinajstić information content (AvgIpc) is 2.41. The van der Waals surface area contributed by atoms with Crippen LogP contribution < -0.4 is 4.74 Å². The number of benzene rings is 2. The zero-order chi connectivity index (χ0) is 11.6. The second-order valence-corrected chi connectivity index (χ2v) is 3.13. The third-order valence-corrected chi connectivity index (χ3v) is 2.02. The van der Waals surface area contributed by atoms with Crippen LogP contribution in [0.4, 0.5) is 0 Å². The molecule has 0 atom stereocenters. The van der Waals surface area contributed by atoms with E-state index in [1.807, 2.05) is 60.7 Å². The lowest BCUT2D eigenvalue weighted by molar-refractivity contribution is 0.415. The van der Waals surface area contributed by atoms with Gasteiger partial charge in [0, 0.05) is 0 Å². The first kappa shape index (κ1) is 12.1. The molecule has 0 radical (unpaired) electrons. The Hall–Kier alpha value is -2.02. The van der Waals surface area contributed by atoms with E-state index in [1.54, 1.807) is 13.2 Å². The van der Waals surface area contributed by atoms with Gasteiger partial charge in [-0.1, -0.05) is 61.2 Å². The molecule has 0 saturated carbocycles. The van der Waals surface area contributed by atoms with Crippen molar-refractivity contribution in [3.63, 3.8) is 0 Å². The van der Waals surface area contributed by atoms with Gasteiger partial charge in [0.05, 0.1) is 7.11 Å². The summed E-state index contributed by atoms with van der Waals surface area (Å²) >= 11 is 0. The van der Waals surface area contributed by atoms with Crippen LogP contribution in [0.15, 0.2) is 67.2 Å². The normalized spacial score (nSPS) is 8.56. The Bertz CT molecular complexity index is 363. The van der Waals surface area contributed by atoms with E-state index in [2.05, 4.69) is 6.58 Å². The minimum atomic E-state index is 0.880. The Kier molecular flexibility index (Phi) is 5.49. The van der Waals surface area contributed by atoms with E-state index < -0.39 is 0 Å². The van der Waals surface area contributed by atoms with Crippen LogP contribution in [0.5, 0.6) is 5.75 Å². The molecule has 2 aromatic rings. The maximum atomic E-state index is 4.98. The number of hydrogen-bond acceptors (Lipinski definition) is 1. The molecule has 0 N–H and O–H groups in total. The molecule has 0 saturated heterocycles. The average molecular weight is 212 g/mol. The lowest BCUT2D eigenvalue weighted by atomic mass is 10.2. The largest absolute Gasteiger partial charge is 0.497 e. The first-order valence-corrected chi connectivity index (χ1v) is 5.13. The van der Waals surface area contributed by atoms with E-state index in [-0.39, 0.29) is 0 Å². The van der Waals surface area contributed by atoms with Gasteiger partial charge in [-0.2, -0.15) is 0 Å². The fourth-order valence-electron chi connectivity index (χ4n) is 1.12. The SMILES string of the molecule is C=Cc1ccc(OC)cc1.c1ccccc1. The van der Waals surface area contributed by atoms with E-state index in [1.165, 1.54) is 0 Å². The molecule has 2 aromatic carbocycles. The molecule has 0 heterocycles. The smallest absolute Gasteiger partial charge is 0.118 e. The zero-order valence-electron chi connectivity index (χ0n) is 9.47. The quantitative estimate of drug-likeness (QED) is 0.730. The highest BCUT2D eigenvalue weighted by Crippen LogP contribution is 2.11. The van der Waals surface area contributed by atoms with Crippen LogP contribution in [0.1, 0.15) is 5.56 Å². The Labute approximate surface area is 97.0 Å². The molecule has 0 amide bonds. The van der Waals surface area contributed by atoms with E-state index in [4.69, 9.17) is 4.74 Å². The van der Waals surface area contributed by atoms with Gasteiger partial charge in [-0.25, -0.2) is 0 Å². The van der Waals surface area contributed by atoms with Crippen molar-refractivity contribution < 1.29 is 4.74 Å². The standard InChI is InChI=1S/C9H10O.C6H6/c1-3-8-4-6-9(10-2)7-5-8;1-2-4-6-5-3-1/h3-7H,1H2,2H3;1-6H. The molecule has 0 fully saturated rings. The Morgan fingerprint density at radius 3 is 1.62 bits per heavy atom. The molecule has 0 bridgehead atoms. The molecule has 0 spiro atoms. The van der Waals surface area contributed by atoms with Crippen LogP contribution in [0.25, 0.3) is 6.08 Å². The molecule has 0 aromatic heterocycles. The Balaban J connectivity index is 0.000000181.